The van der Waals surface area contributed by atoms with Crippen LogP contribution in [0.2, 0.25) is 0 Å². The maximum absolute atomic E-state index is 14.0. The number of aromatic nitrogens is 1. The van der Waals surface area contributed by atoms with Gasteiger partial charge in [-0.2, -0.15) is 13.2 Å². The molecule has 2 aliphatic heterocycles. The van der Waals surface area contributed by atoms with Crippen molar-refractivity contribution in [3.63, 3.8) is 0 Å². The number of methoxy groups -OCH3 is 1. The number of fused-ring (bicyclic) bond motifs is 1. The zero-order chi connectivity index (χ0) is 23.8. The lowest BCUT2D eigenvalue weighted by atomic mass is 9.87. The third-order valence-electron chi connectivity index (χ3n) is 7.63. The number of pyridine rings is 1. The third kappa shape index (κ3) is 5.05. The SMILES string of the molecule is CO[C@@H]1COCC[C@@H]1N[C@]1(C(=O)N2CCc3ncc(C(F)(F)F)cc3C2)CC[C@H](C(C)C)C1. The number of halogens is 3. The fraction of sp³-hybridized carbons (Fsp3) is 0.750. The van der Waals surface area contributed by atoms with Crippen molar-refractivity contribution in [2.24, 2.45) is 11.8 Å². The van der Waals surface area contributed by atoms with Crippen LogP contribution in [0.4, 0.5) is 13.2 Å². The lowest BCUT2D eigenvalue weighted by Crippen LogP contribution is -2.63. The number of nitrogens with one attached hydrogen (secondary N) is 1. The number of carbonyl (C=O) groups is 1. The highest BCUT2D eigenvalue weighted by Crippen LogP contribution is 2.41. The van der Waals surface area contributed by atoms with E-state index < -0.39 is 17.3 Å². The van der Waals surface area contributed by atoms with Crippen molar-refractivity contribution in [3.05, 3.63) is 29.1 Å². The molecule has 184 valence electrons. The van der Waals surface area contributed by atoms with E-state index in [4.69, 9.17) is 9.47 Å². The molecule has 0 radical (unpaired) electrons. The molecule has 0 bridgehead atoms. The first-order valence-electron chi connectivity index (χ1n) is 11.9. The number of carbonyl (C=O) groups excluding carboxylic acids is 1. The van der Waals surface area contributed by atoms with Gasteiger partial charge in [0.05, 0.1) is 23.8 Å². The van der Waals surface area contributed by atoms with Crippen molar-refractivity contribution in [1.82, 2.24) is 15.2 Å². The first-order chi connectivity index (χ1) is 15.6. The van der Waals surface area contributed by atoms with Crippen molar-refractivity contribution < 1.29 is 27.4 Å². The van der Waals surface area contributed by atoms with Crippen LogP contribution in [0.5, 0.6) is 0 Å². The van der Waals surface area contributed by atoms with Gasteiger partial charge in [0, 0.05) is 51.2 Å². The van der Waals surface area contributed by atoms with Crippen LogP contribution in [0, 0.1) is 11.8 Å². The Balaban J connectivity index is 1.58. The zero-order valence-corrected chi connectivity index (χ0v) is 19.6. The van der Waals surface area contributed by atoms with Crippen LogP contribution < -0.4 is 5.32 Å². The van der Waals surface area contributed by atoms with Crippen molar-refractivity contribution in [2.45, 2.75) is 76.4 Å². The minimum absolute atomic E-state index is 0.00538. The Kier molecular flexibility index (Phi) is 7.03. The molecule has 9 heteroatoms. The molecule has 1 aromatic rings. The molecule has 33 heavy (non-hydrogen) atoms. The minimum atomic E-state index is -4.45. The van der Waals surface area contributed by atoms with E-state index in [1.165, 1.54) is 0 Å². The smallest absolute Gasteiger partial charge is 0.379 e. The average Bonchev–Trinajstić information content (AvgIpc) is 3.23. The second-order valence-electron chi connectivity index (χ2n) is 10.0. The topological polar surface area (TPSA) is 63.7 Å². The van der Waals surface area contributed by atoms with Crippen molar-refractivity contribution in [3.8, 4) is 0 Å². The fourth-order valence-electron chi connectivity index (χ4n) is 5.56. The van der Waals surface area contributed by atoms with Crippen LogP contribution in [0.25, 0.3) is 0 Å². The van der Waals surface area contributed by atoms with Crippen molar-refractivity contribution >= 4 is 5.91 Å². The highest BCUT2D eigenvalue weighted by atomic mass is 19.4. The Morgan fingerprint density at radius 3 is 2.82 bits per heavy atom. The van der Waals surface area contributed by atoms with Crippen LogP contribution in [0.15, 0.2) is 12.3 Å². The largest absolute Gasteiger partial charge is 0.417 e. The number of alkyl halides is 3. The van der Waals surface area contributed by atoms with E-state index in [1.54, 1.807) is 12.0 Å². The number of hydrogen-bond donors (Lipinski definition) is 1. The van der Waals surface area contributed by atoms with E-state index >= 15 is 0 Å². The van der Waals surface area contributed by atoms with Gasteiger partial charge in [0.15, 0.2) is 0 Å². The summed E-state index contributed by atoms with van der Waals surface area (Å²) in [6.07, 6.45) is -0.106. The van der Waals surface area contributed by atoms with Crippen LogP contribution in [0.3, 0.4) is 0 Å². The number of hydrogen-bond acceptors (Lipinski definition) is 5. The Bertz CT molecular complexity index is 863. The highest BCUT2D eigenvalue weighted by molar-refractivity contribution is 5.87. The summed E-state index contributed by atoms with van der Waals surface area (Å²) in [5.41, 5.74) is -0.377. The van der Waals surface area contributed by atoms with Gasteiger partial charge in [-0.1, -0.05) is 13.8 Å². The molecule has 4 atom stereocenters. The monoisotopic (exact) mass is 469 g/mol. The van der Waals surface area contributed by atoms with E-state index in [9.17, 15) is 18.0 Å². The van der Waals surface area contributed by atoms with Crippen LogP contribution in [-0.4, -0.2) is 60.3 Å². The molecule has 0 unspecified atom stereocenters. The van der Waals surface area contributed by atoms with Gasteiger partial charge in [-0.3, -0.25) is 15.1 Å². The zero-order valence-electron chi connectivity index (χ0n) is 19.6. The molecule has 3 aliphatic rings. The molecule has 1 N–H and O–H groups in total. The predicted octanol–water partition coefficient (Wildman–Crippen LogP) is 3.57. The van der Waals surface area contributed by atoms with Crippen LogP contribution in [0.1, 0.15) is 56.4 Å². The van der Waals surface area contributed by atoms with Gasteiger partial charge in [-0.15, -0.1) is 0 Å². The molecular formula is C24H34F3N3O3. The van der Waals surface area contributed by atoms with E-state index in [-0.39, 0.29) is 24.6 Å². The van der Waals surface area contributed by atoms with Gasteiger partial charge in [0.1, 0.15) is 0 Å². The average molecular weight is 470 g/mol. The Labute approximate surface area is 193 Å². The summed E-state index contributed by atoms with van der Waals surface area (Å²) in [5.74, 6) is 0.850. The molecular weight excluding hydrogens is 435 g/mol. The molecule has 1 saturated carbocycles. The van der Waals surface area contributed by atoms with Gasteiger partial charge >= 0.3 is 6.18 Å². The number of ether oxygens (including phenoxy) is 2. The molecule has 0 spiro atoms. The summed E-state index contributed by atoms with van der Waals surface area (Å²) in [6.45, 7) is 6.06. The van der Waals surface area contributed by atoms with E-state index in [0.717, 1.165) is 31.5 Å². The van der Waals surface area contributed by atoms with Gasteiger partial charge in [-0.25, -0.2) is 0 Å². The quantitative estimate of drug-likeness (QED) is 0.714. The van der Waals surface area contributed by atoms with Gasteiger partial charge in [0.2, 0.25) is 5.91 Å². The summed E-state index contributed by atoms with van der Waals surface area (Å²) in [4.78, 5) is 19.8. The first kappa shape index (κ1) is 24.4. The Morgan fingerprint density at radius 2 is 2.15 bits per heavy atom. The molecule has 1 aromatic heterocycles. The van der Waals surface area contributed by atoms with E-state index in [1.807, 2.05) is 0 Å². The van der Waals surface area contributed by atoms with Gasteiger partial charge < -0.3 is 14.4 Å². The molecule has 4 rings (SSSR count). The number of nitrogens with zero attached hydrogens (tertiary/aromatic N) is 2. The molecule has 1 saturated heterocycles. The lowest BCUT2D eigenvalue weighted by Gasteiger charge is -2.42. The molecule has 0 aromatic carbocycles. The normalized spacial score (nSPS) is 30.5. The van der Waals surface area contributed by atoms with Crippen LogP contribution >= 0.6 is 0 Å². The maximum Gasteiger partial charge on any atom is 0.417 e. The van der Waals surface area contributed by atoms with E-state index in [0.29, 0.717) is 55.7 Å². The molecule has 2 fully saturated rings. The third-order valence-corrected chi connectivity index (χ3v) is 7.63. The minimum Gasteiger partial charge on any atom is -0.379 e. The number of amides is 1. The number of rotatable bonds is 5. The maximum atomic E-state index is 14.0. The van der Waals surface area contributed by atoms with Crippen molar-refractivity contribution in [1.29, 1.82) is 0 Å². The van der Waals surface area contributed by atoms with Gasteiger partial charge in [0.25, 0.3) is 0 Å². The Hall–Kier alpha value is -1.71. The van der Waals surface area contributed by atoms with Gasteiger partial charge in [-0.05, 0) is 49.1 Å². The summed E-state index contributed by atoms with van der Waals surface area (Å²) in [5, 5.41) is 3.68. The lowest BCUT2D eigenvalue weighted by molar-refractivity contribution is -0.141. The van der Waals surface area contributed by atoms with Crippen molar-refractivity contribution in [2.75, 3.05) is 26.9 Å². The molecule has 1 amide bonds. The standard InChI is InChI=1S/C24H34F3N3O3/c1-15(2)16-4-7-23(11-16,29-20-6-9-33-14-21(20)32-3)22(31)30-8-5-19-17(13-30)10-18(12-28-19)24(25,26)27/h10,12,15-16,20-21,29H,4-9,11,13-14H2,1-3H3/t16-,20-,21+,23+/m0/s1. The molecule has 6 nitrogen and oxygen atoms in total. The summed E-state index contributed by atoms with van der Waals surface area (Å²) in [7, 11) is 1.65. The highest BCUT2D eigenvalue weighted by Gasteiger charge is 2.50. The second kappa shape index (κ2) is 9.50. The fourth-order valence-corrected chi connectivity index (χ4v) is 5.56. The van der Waals surface area contributed by atoms with Crippen LogP contribution in [-0.2, 0) is 33.4 Å². The summed E-state index contributed by atoms with van der Waals surface area (Å²) < 4.78 is 50.8. The second-order valence-corrected chi connectivity index (χ2v) is 10.0. The summed E-state index contributed by atoms with van der Waals surface area (Å²) >= 11 is 0. The van der Waals surface area contributed by atoms with E-state index in [2.05, 4.69) is 24.1 Å². The Morgan fingerprint density at radius 1 is 1.36 bits per heavy atom. The predicted molar refractivity (Wildman–Crippen MR) is 116 cm³/mol. The first-order valence-corrected chi connectivity index (χ1v) is 11.9. The summed E-state index contributed by atoms with van der Waals surface area (Å²) in [6, 6.07) is 1.14. The molecule has 1 aliphatic carbocycles. The molecule has 3 heterocycles.